The Balaban J connectivity index is 0.00000169. The second-order valence-electron chi connectivity index (χ2n) is 6.90. The molecule has 4 nitrogen and oxygen atoms in total. The highest BCUT2D eigenvalue weighted by atomic mass is 35.5. The number of morpholine rings is 1. The van der Waals surface area contributed by atoms with E-state index < -0.39 is 0 Å². The SMILES string of the molecule is Cl.c1ccc2c(CCNC3CCCC3C3COCCN3)c[nH]c2c1. The third-order valence-corrected chi connectivity index (χ3v) is 5.51. The third-order valence-electron chi connectivity index (χ3n) is 5.51. The van der Waals surface area contributed by atoms with E-state index in [-0.39, 0.29) is 12.4 Å². The lowest BCUT2D eigenvalue weighted by molar-refractivity contribution is 0.0526. The summed E-state index contributed by atoms with van der Waals surface area (Å²) in [4.78, 5) is 3.37. The molecule has 24 heavy (non-hydrogen) atoms. The number of benzene rings is 1. The molecule has 0 radical (unpaired) electrons. The van der Waals surface area contributed by atoms with Crippen molar-refractivity contribution in [2.24, 2.45) is 5.92 Å². The Morgan fingerprint density at radius 3 is 3.00 bits per heavy atom. The summed E-state index contributed by atoms with van der Waals surface area (Å²) in [5.74, 6) is 0.721. The van der Waals surface area contributed by atoms with Gasteiger partial charge in [0.15, 0.2) is 0 Å². The number of ether oxygens (including phenoxy) is 1. The topological polar surface area (TPSA) is 49.1 Å². The molecule has 132 valence electrons. The average molecular weight is 350 g/mol. The highest BCUT2D eigenvalue weighted by Crippen LogP contribution is 2.29. The molecule has 1 saturated heterocycles. The van der Waals surface area contributed by atoms with Crippen LogP contribution in [0.3, 0.4) is 0 Å². The van der Waals surface area contributed by atoms with Crippen molar-refractivity contribution in [3.8, 4) is 0 Å². The van der Waals surface area contributed by atoms with Crippen molar-refractivity contribution in [1.82, 2.24) is 15.6 Å². The molecule has 4 rings (SSSR count). The minimum absolute atomic E-state index is 0. The van der Waals surface area contributed by atoms with Crippen LogP contribution in [0, 0.1) is 5.92 Å². The second kappa shape index (κ2) is 8.34. The number of hydrogen-bond donors (Lipinski definition) is 3. The molecule has 1 aromatic heterocycles. The molecule has 5 heteroatoms. The van der Waals surface area contributed by atoms with Crippen LogP contribution in [0.1, 0.15) is 24.8 Å². The first kappa shape index (κ1) is 17.7. The standard InChI is InChI=1S/C19H27N3O.ClH/c1-2-6-17-15(4-1)14(12-22-17)8-9-20-18-7-3-5-16(18)19-13-23-11-10-21-19;/h1-2,4,6,12,16,18-22H,3,5,7-11,13H2;1H. The number of fused-ring (bicyclic) bond motifs is 1. The number of halogens is 1. The Kier molecular flexibility index (Phi) is 6.17. The Morgan fingerprint density at radius 2 is 2.12 bits per heavy atom. The fraction of sp³-hybridized carbons (Fsp3) is 0.579. The zero-order chi connectivity index (χ0) is 15.5. The van der Waals surface area contributed by atoms with Crippen LogP contribution < -0.4 is 10.6 Å². The van der Waals surface area contributed by atoms with E-state index >= 15 is 0 Å². The maximum Gasteiger partial charge on any atom is 0.0623 e. The van der Waals surface area contributed by atoms with E-state index in [9.17, 15) is 0 Å². The molecule has 1 saturated carbocycles. The summed E-state index contributed by atoms with van der Waals surface area (Å²) in [6, 6.07) is 9.74. The van der Waals surface area contributed by atoms with E-state index in [1.165, 1.54) is 35.7 Å². The van der Waals surface area contributed by atoms with Crippen LogP contribution in [0.2, 0.25) is 0 Å². The second-order valence-corrected chi connectivity index (χ2v) is 6.90. The number of hydrogen-bond acceptors (Lipinski definition) is 3. The van der Waals surface area contributed by atoms with E-state index in [1.807, 2.05) is 0 Å². The molecule has 1 aromatic carbocycles. The highest BCUT2D eigenvalue weighted by molar-refractivity contribution is 5.85. The van der Waals surface area contributed by atoms with E-state index in [0.717, 1.165) is 38.6 Å². The number of nitrogens with one attached hydrogen (secondary N) is 3. The van der Waals surface area contributed by atoms with Crippen molar-refractivity contribution in [1.29, 1.82) is 0 Å². The number of rotatable bonds is 5. The Morgan fingerprint density at radius 1 is 1.21 bits per heavy atom. The molecule has 1 aliphatic heterocycles. The first-order valence-corrected chi connectivity index (χ1v) is 9.01. The van der Waals surface area contributed by atoms with E-state index in [0.29, 0.717) is 12.1 Å². The molecule has 2 aliphatic rings. The van der Waals surface area contributed by atoms with Gasteiger partial charge in [0, 0.05) is 35.7 Å². The van der Waals surface area contributed by atoms with Gasteiger partial charge < -0.3 is 20.4 Å². The smallest absolute Gasteiger partial charge is 0.0623 e. The summed E-state index contributed by atoms with van der Waals surface area (Å²) < 4.78 is 5.66. The minimum Gasteiger partial charge on any atom is -0.379 e. The van der Waals surface area contributed by atoms with Gasteiger partial charge >= 0.3 is 0 Å². The van der Waals surface area contributed by atoms with E-state index in [2.05, 4.69) is 46.1 Å². The summed E-state index contributed by atoms with van der Waals surface area (Å²) in [7, 11) is 0. The molecule has 2 heterocycles. The van der Waals surface area contributed by atoms with E-state index in [1.54, 1.807) is 0 Å². The zero-order valence-electron chi connectivity index (χ0n) is 14.1. The van der Waals surface area contributed by atoms with Crippen LogP contribution in [-0.2, 0) is 11.2 Å². The largest absolute Gasteiger partial charge is 0.379 e. The molecule has 3 unspecified atom stereocenters. The molecule has 3 atom stereocenters. The lowest BCUT2D eigenvalue weighted by Gasteiger charge is -2.33. The quantitative estimate of drug-likeness (QED) is 0.778. The summed E-state index contributed by atoms with van der Waals surface area (Å²) in [6.07, 6.45) is 7.22. The molecular weight excluding hydrogens is 322 g/mol. The van der Waals surface area contributed by atoms with Crippen molar-refractivity contribution in [3.63, 3.8) is 0 Å². The summed E-state index contributed by atoms with van der Waals surface area (Å²) in [6.45, 7) is 3.80. The monoisotopic (exact) mass is 349 g/mol. The fourth-order valence-electron chi connectivity index (χ4n) is 4.32. The van der Waals surface area contributed by atoms with Crippen LogP contribution in [0.5, 0.6) is 0 Å². The number of aromatic amines is 1. The van der Waals surface area contributed by atoms with Gasteiger partial charge in [-0.3, -0.25) is 0 Å². The van der Waals surface area contributed by atoms with Gasteiger partial charge in [0.1, 0.15) is 0 Å². The van der Waals surface area contributed by atoms with Crippen molar-refractivity contribution < 1.29 is 4.74 Å². The van der Waals surface area contributed by atoms with Gasteiger partial charge in [-0.05, 0) is 43.4 Å². The van der Waals surface area contributed by atoms with Gasteiger partial charge in [0.05, 0.1) is 13.2 Å². The maximum absolute atomic E-state index is 5.66. The number of para-hydroxylation sites is 1. The minimum atomic E-state index is 0. The molecule has 0 spiro atoms. The van der Waals surface area contributed by atoms with Crippen LogP contribution in [-0.4, -0.2) is 43.4 Å². The fourth-order valence-corrected chi connectivity index (χ4v) is 4.32. The van der Waals surface area contributed by atoms with Crippen LogP contribution in [0.25, 0.3) is 10.9 Å². The number of H-pyrrole nitrogens is 1. The maximum atomic E-state index is 5.66. The van der Waals surface area contributed by atoms with Crippen molar-refractivity contribution in [2.75, 3.05) is 26.3 Å². The van der Waals surface area contributed by atoms with Crippen molar-refractivity contribution in [3.05, 3.63) is 36.0 Å². The molecule has 2 aromatic rings. The van der Waals surface area contributed by atoms with Crippen LogP contribution in [0.15, 0.2) is 30.5 Å². The molecule has 3 N–H and O–H groups in total. The van der Waals surface area contributed by atoms with Crippen molar-refractivity contribution in [2.45, 2.75) is 37.8 Å². The summed E-state index contributed by atoms with van der Waals surface area (Å²) in [5.41, 5.74) is 2.66. The summed E-state index contributed by atoms with van der Waals surface area (Å²) >= 11 is 0. The summed E-state index contributed by atoms with van der Waals surface area (Å²) in [5, 5.41) is 8.83. The van der Waals surface area contributed by atoms with Crippen LogP contribution in [0.4, 0.5) is 0 Å². The van der Waals surface area contributed by atoms with Gasteiger partial charge in [-0.15, -0.1) is 12.4 Å². The Labute approximate surface area is 150 Å². The normalized spacial score (nSPS) is 27.2. The third kappa shape index (κ3) is 3.77. The molecular formula is C19H28ClN3O. The molecule has 0 amide bonds. The van der Waals surface area contributed by atoms with Gasteiger partial charge in [0.2, 0.25) is 0 Å². The predicted octanol–water partition coefficient (Wildman–Crippen LogP) is 2.88. The predicted molar refractivity (Wildman–Crippen MR) is 101 cm³/mol. The number of aromatic nitrogens is 1. The van der Waals surface area contributed by atoms with Gasteiger partial charge in [0.25, 0.3) is 0 Å². The first-order chi connectivity index (χ1) is 11.4. The molecule has 2 fully saturated rings. The van der Waals surface area contributed by atoms with Crippen molar-refractivity contribution >= 4 is 23.3 Å². The lowest BCUT2D eigenvalue weighted by atomic mass is 9.94. The molecule has 0 bridgehead atoms. The lowest BCUT2D eigenvalue weighted by Crippen LogP contribution is -2.51. The zero-order valence-corrected chi connectivity index (χ0v) is 14.9. The molecule has 1 aliphatic carbocycles. The van der Waals surface area contributed by atoms with Gasteiger partial charge in [-0.25, -0.2) is 0 Å². The van der Waals surface area contributed by atoms with Gasteiger partial charge in [-0.2, -0.15) is 0 Å². The average Bonchev–Trinajstić information content (AvgIpc) is 3.23. The highest BCUT2D eigenvalue weighted by Gasteiger charge is 2.34. The van der Waals surface area contributed by atoms with Gasteiger partial charge in [-0.1, -0.05) is 24.6 Å². The first-order valence-electron chi connectivity index (χ1n) is 9.01. The van der Waals surface area contributed by atoms with Crippen LogP contribution >= 0.6 is 12.4 Å². The Hall–Kier alpha value is -1.07. The van der Waals surface area contributed by atoms with E-state index in [4.69, 9.17) is 4.74 Å². The Bertz CT molecular complexity index is 638.